The number of carbonyl (C=O) groups excluding carboxylic acids is 1. The maximum absolute atomic E-state index is 10.1. The molecule has 3 nitrogen and oxygen atoms in total. The molecule has 46 valence electrons. The van der Waals surface area contributed by atoms with Crippen molar-refractivity contribution in [1.29, 1.82) is 0 Å². The number of hydrogen-bond donors (Lipinski definition) is 1. The lowest BCUT2D eigenvalue weighted by atomic mass is 10.5. The van der Waals surface area contributed by atoms with Crippen molar-refractivity contribution in [2.45, 2.75) is 13.3 Å². The average molecular weight is 114 g/mol. The molecule has 0 aliphatic rings. The van der Waals surface area contributed by atoms with Gasteiger partial charge in [0.2, 0.25) is 5.91 Å². The summed E-state index contributed by atoms with van der Waals surface area (Å²) in [6.45, 7) is 1.96. The van der Waals surface area contributed by atoms with Gasteiger partial charge in [-0.25, -0.2) is 4.99 Å². The van der Waals surface area contributed by atoms with Crippen molar-refractivity contribution in [3.05, 3.63) is 0 Å². The summed E-state index contributed by atoms with van der Waals surface area (Å²) in [5, 5.41) is 0. The molecule has 0 unspecified atom stereocenters. The second-order valence-corrected chi connectivity index (χ2v) is 1.41. The van der Waals surface area contributed by atoms with Gasteiger partial charge in [0.25, 0.3) is 0 Å². The van der Waals surface area contributed by atoms with Gasteiger partial charge in [0.15, 0.2) is 0 Å². The molecule has 0 aromatic rings. The zero-order valence-electron chi connectivity index (χ0n) is 4.92. The van der Waals surface area contributed by atoms with Crippen LogP contribution in [0.5, 0.6) is 0 Å². The molecule has 0 heterocycles. The molecule has 0 rings (SSSR count). The van der Waals surface area contributed by atoms with E-state index in [1.807, 2.05) is 0 Å². The van der Waals surface area contributed by atoms with Crippen LogP contribution in [0.4, 0.5) is 0 Å². The van der Waals surface area contributed by atoms with E-state index >= 15 is 0 Å². The summed E-state index contributed by atoms with van der Waals surface area (Å²) in [5.74, 6) is -0.168. The summed E-state index contributed by atoms with van der Waals surface area (Å²) in [6.07, 6.45) is 2.21. The molecule has 0 saturated carbocycles. The van der Waals surface area contributed by atoms with E-state index in [4.69, 9.17) is 5.73 Å². The maximum atomic E-state index is 10.1. The van der Waals surface area contributed by atoms with Gasteiger partial charge in [-0.2, -0.15) is 0 Å². The molecular formula is C5H10N2O. The van der Waals surface area contributed by atoms with Crippen molar-refractivity contribution in [1.82, 2.24) is 0 Å². The van der Waals surface area contributed by atoms with Crippen molar-refractivity contribution < 1.29 is 4.79 Å². The highest BCUT2D eigenvalue weighted by Crippen LogP contribution is 1.70. The summed E-state index contributed by atoms with van der Waals surface area (Å²) in [6, 6.07) is 0. The molecule has 2 N–H and O–H groups in total. The smallest absolute Gasteiger partial charge is 0.242 e. The van der Waals surface area contributed by atoms with Crippen molar-refractivity contribution in [2.75, 3.05) is 6.54 Å². The van der Waals surface area contributed by atoms with Crippen LogP contribution < -0.4 is 5.73 Å². The molecule has 0 radical (unpaired) electrons. The highest BCUT2D eigenvalue weighted by Gasteiger charge is 1.78. The van der Waals surface area contributed by atoms with Crippen LogP contribution in [-0.4, -0.2) is 18.7 Å². The summed E-state index contributed by atoms with van der Waals surface area (Å²) in [7, 11) is 0. The number of nitrogens with zero attached hydrogens (tertiary/aromatic N) is 1. The SMILES string of the molecule is CC(=O)N=CCCN. The predicted molar refractivity (Wildman–Crippen MR) is 32.8 cm³/mol. The fourth-order valence-corrected chi connectivity index (χ4v) is 0.268. The second kappa shape index (κ2) is 4.46. The van der Waals surface area contributed by atoms with E-state index < -0.39 is 0 Å². The minimum Gasteiger partial charge on any atom is -0.330 e. The van der Waals surface area contributed by atoms with Gasteiger partial charge in [0.05, 0.1) is 0 Å². The third kappa shape index (κ3) is 5.30. The molecule has 3 heteroatoms. The van der Waals surface area contributed by atoms with Gasteiger partial charge in [-0.3, -0.25) is 4.79 Å². The standard InChI is InChI=1S/C5H10N2O/c1-5(8)7-4-2-3-6/h4H,2-3,6H2,1H3. The van der Waals surface area contributed by atoms with Crippen LogP contribution in [0.2, 0.25) is 0 Å². The first kappa shape index (κ1) is 7.30. The van der Waals surface area contributed by atoms with E-state index in [9.17, 15) is 4.79 Å². The van der Waals surface area contributed by atoms with Gasteiger partial charge in [0.1, 0.15) is 0 Å². The Morgan fingerprint density at radius 3 is 2.88 bits per heavy atom. The first-order valence-electron chi connectivity index (χ1n) is 2.50. The summed E-state index contributed by atoms with van der Waals surface area (Å²) < 4.78 is 0. The molecule has 0 atom stereocenters. The van der Waals surface area contributed by atoms with Crippen LogP contribution in [0.1, 0.15) is 13.3 Å². The molecule has 1 amide bonds. The van der Waals surface area contributed by atoms with Crippen molar-refractivity contribution in [3.8, 4) is 0 Å². The van der Waals surface area contributed by atoms with E-state index in [1.165, 1.54) is 13.1 Å². The van der Waals surface area contributed by atoms with Gasteiger partial charge < -0.3 is 5.73 Å². The third-order valence-corrected chi connectivity index (χ3v) is 0.569. The van der Waals surface area contributed by atoms with Gasteiger partial charge in [-0.15, -0.1) is 0 Å². The quantitative estimate of drug-likeness (QED) is 0.512. The Bertz CT molecular complexity index is 98.6. The topological polar surface area (TPSA) is 55.5 Å². The average Bonchev–Trinajstić information content (AvgIpc) is 1.66. The Balaban J connectivity index is 3.20. The Kier molecular flexibility index (Phi) is 4.07. The zero-order valence-corrected chi connectivity index (χ0v) is 4.92. The van der Waals surface area contributed by atoms with Crippen molar-refractivity contribution in [2.24, 2.45) is 10.7 Å². The van der Waals surface area contributed by atoms with Crippen molar-refractivity contribution >= 4 is 12.1 Å². The number of rotatable bonds is 2. The maximum Gasteiger partial charge on any atom is 0.242 e. The van der Waals surface area contributed by atoms with Crippen LogP contribution in [0.3, 0.4) is 0 Å². The normalized spacial score (nSPS) is 10.2. The monoisotopic (exact) mass is 114 g/mol. The van der Waals surface area contributed by atoms with Crippen LogP contribution in [-0.2, 0) is 4.79 Å². The van der Waals surface area contributed by atoms with E-state index in [-0.39, 0.29) is 5.91 Å². The van der Waals surface area contributed by atoms with E-state index in [0.29, 0.717) is 13.0 Å². The molecule has 0 aromatic carbocycles. The molecule has 0 bridgehead atoms. The van der Waals surface area contributed by atoms with Crippen LogP contribution in [0, 0.1) is 0 Å². The highest BCUT2D eigenvalue weighted by molar-refractivity contribution is 5.82. The van der Waals surface area contributed by atoms with Crippen LogP contribution in [0.15, 0.2) is 4.99 Å². The Hall–Kier alpha value is -0.700. The number of nitrogens with two attached hydrogens (primary N) is 1. The minimum atomic E-state index is -0.168. The summed E-state index contributed by atoms with van der Waals surface area (Å²) in [5.41, 5.74) is 5.11. The fraction of sp³-hybridized carbons (Fsp3) is 0.600. The molecular weight excluding hydrogens is 104 g/mol. The van der Waals surface area contributed by atoms with Crippen molar-refractivity contribution in [3.63, 3.8) is 0 Å². The minimum absolute atomic E-state index is 0.168. The molecule has 0 spiro atoms. The van der Waals surface area contributed by atoms with Gasteiger partial charge in [0, 0.05) is 13.1 Å². The van der Waals surface area contributed by atoms with Gasteiger partial charge in [-0.05, 0) is 13.0 Å². The third-order valence-electron chi connectivity index (χ3n) is 0.569. The molecule has 0 aliphatic carbocycles. The predicted octanol–water partition coefficient (Wildman–Crippen LogP) is -0.0475. The molecule has 8 heavy (non-hydrogen) atoms. The fourth-order valence-electron chi connectivity index (χ4n) is 0.268. The Labute approximate surface area is 48.6 Å². The number of amides is 1. The Morgan fingerprint density at radius 2 is 2.50 bits per heavy atom. The first-order valence-corrected chi connectivity index (χ1v) is 2.50. The van der Waals surface area contributed by atoms with E-state index in [0.717, 1.165) is 0 Å². The largest absolute Gasteiger partial charge is 0.330 e. The molecule has 0 aliphatic heterocycles. The number of hydrogen-bond acceptors (Lipinski definition) is 2. The molecule has 0 fully saturated rings. The summed E-state index contributed by atoms with van der Waals surface area (Å²) >= 11 is 0. The van der Waals surface area contributed by atoms with Gasteiger partial charge >= 0.3 is 0 Å². The van der Waals surface area contributed by atoms with Crippen LogP contribution in [0.25, 0.3) is 0 Å². The number of carbonyl (C=O) groups is 1. The Morgan fingerprint density at radius 1 is 1.88 bits per heavy atom. The molecule has 0 aromatic heterocycles. The summed E-state index contributed by atoms with van der Waals surface area (Å²) in [4.78, 5) is 13.6. The van der Waals surface area contributed by atoms with E-state index in [2.05, 4.69) is 4.99 Å². The first-order chi connectivity index (χ1) is 3.77. The lowest BCUT2D eigenvalue weighted by molar-refractivity contribution is -0.115. The second-order valence-electron chi connectivity index (χ2n) is 1.41. The molecule has 0 saturated heterocycles. The van der Waals surface area contributed by atoms with Crippen LogP contribution >= 0.6 is 0 Å². The highest BCUT2D eigenvalue weighted by atomic mass is 16.1. The number of aliphatic imine (C=N–C) groups is 1. The lowest BCUT2D eigenvalue weighted by Crippen LogP contribution is -1.98. The van der Waals surface area contributed by atoms with E-state index in [1.54, 1.807) is 0 Å². The van der Waals surface area contributed by atoms with Gasteiger partial charge in [-0.1, -0.05) is 0 Å². The lowest BCUT2D eigenvalue weighted by Gasteiger charge is -1.80. The zero-order chi connectivity index (χ0) is 6.41.